The molecule has 0 saturated carbocycles. The van der Waals surface area contributed by atoms with Crippen molar-refractivity contribution in [3.8, 4) is 0 Å². The Balaban J connectivity index is 3.72. The number of nitrogens with two attached hydrogens (primary N) is 1. The molecular weight excluding hydrogens is 173 g/mol. The molecule has 0 heterocycles. The number of halogens is 3. The van der Waals surface area contributed by atoms with Crippen LogP contribution in [0.1, 0.15) is 13.3 Å². The van der Waals surface area contributed by atoms with Crippen molar-refractivity contribution in [2.45, 2.75) is 25.6 Å². The first-order chi connectivity index (χ1) is 5.37. The molecule has 0 aliphatic rings. The summed E-state index contributed by atoms with van der Waals surface area (Å²) in [7, 11) is 0. The van der Waals surface area contributed by atoms with E-state index < -0.39 is 24.7 Å². The molecule has 0 aromatic carbocycles. The Hall–Kier alpha value is -0.780. The molecule has 0 radical (unpaired) electrons. The van der Waals surface area contributed by atoms with Crippen LogP contribution >= 0.6 is 0 Å². The molecule has 0 aliphatic carbocycles. The van der Waals surface area contributed by atoms with Gasteiger partial charge in [0.15, 0.2) is 0 Å². The Morgan fingerprint density at radius 3 is 2.42 bits per heavy atom. The summed E-state index contributed by atoms with van der Waals surface area (Å²) in [5.74, 6) is -0.769. The number of hydrogen-bond donors (Lipinski definition) is 2. The lowest BCUT2D eigenvalue weighted by Crippen LogP contribution is -2.43. The average molecular weight is 184 g/mol. The Morgan fingerprint density at radius 2 is 2.08 bits per heavy atom. The quantitative estimate of drug-likeness (QED) is 0.667. The van der Waals surface area contributed by atoms with Gasteiger partial charge in [0, 0.05) is 0 Å². The van der Waals surface area contributed by atoms with Crippen molar-refractivity contribution in [1.29, 1.82) is 0 Å². The fourth-order valence-electron chi connectivity index (χ4n) is 0.504. The standard InChI is InChI=1S/C6H11F3N2O/c1-2-4(10)5(12)11-3-6(7,8)9/h4H,2-3,10H2,1H3,(H,11,12)/t4-/m1/s1. The van der Waals surface area contributed by atoms with E-state index in [-0.39, 0.29) is 0 Å². The van der Waals surface area contributed by atoms with Crippen LogP contribution in [0.4, 0.5) is 13.2 Å². The Kier molecular flexibility index (Phi) is 4.02. The third-order valence-electron chi connectivity index (χ3n) is 1.24. The molecule has 12 heavy (non-hydrogen) atoms. The first-order valence-electron chi connectivity index (χ1n) is 3.47. The molecular formula is C6H11F3N2O. The first-order valence-corrected chi connectivity index (χ1v) is 3.47. The zero-order valence-electron chi connectivity index (χ0n) is 6.61. The van der Waals surface area contributed by atoms with E-state index in [4.69, 9.17) is 5.73 Å². The van der Waals surface area contributed by atoms with Crippen molar-refractivity contribution in [2.24, 2.45) is 5.73 Å². The minimum Gasteiger partial charge on any atom is -0.346 e. The number of amides is 1. The number of hydrogen-bond acceptors (Lipinski definition) is 2. The Bertz CT molecular complexity index is 157. The van der Waals surface area contributed by atoms with Crippen LogP contribution in [0.3, 0.4) is 0 Å². The molecule has 1 amide bonds. The van der Waals surface area contributed by atoms with Gasteiger partial charge in [-0.1, -0.05) is 6.92 Å². The van der Waals surface area contributed by atoms with Crippen molar-refractivity contribution in [1.82, 2.24) is 5.32 Å². The molecule has 6 heteroatoms. The van der Waals surface area contributed by atoms with Gasteiger partial charge < -0.3 is 11.1 Å². The predicted molar refractivity (Wildman–Crippen MR) is 37.3 cm³/mol. The summed E-state index contributed by atoms with van der Waals surface area (Å²) in [6.45, 7) is 0.303. The van der Waals surface area contributed by atoms with Crippen LogP contribution < -0.4 is 11.1 Å². The largest absolute Gasteiger partial charge is 0.405 e. The number of rotatable bonds is 3. The maximum absolute atomic E-state index is 11.5. The smallest absolute Gasteiger partial charge is 0.346 e. The molecule has 3 N–H and O–H groups in total. The third kappa shape index (κ3) is 4.95. The highest BCUT2D eigenvalue weighted by Gasteiger charge is 2.28. The number of carbonyl (C=O) groups is 1. The summed E-state index contributed by atoms with van der Waals surface area (Å²) in [4.78, 5) is 10.7. The van der Waals surface area contributed by atoms with E-state index in [0.29, 0.717) is 6.42 Å². The summed E-state index contributed by atoms with van der Waals surface area (Å²) in [5, 5.41) is 1.68. The topological polar surface area (TPSA) is 55.1 Å². The van der Waals surface area contributed by atoms with Gasteiger partial charge in [0.05, 0.1) is 6.04 Å². The van der Waals surface area contributed by atoms with Gasteiger partial charge >= 0.3 is 6.18 Å². The Morgan fingerprint density at radius 1 is 1.58 bits per heavy atom. The maximum Gasteiger partial charge on any atom is 0.405 e. The molecule has 0 aromatic rings. The molecule has 0 saturated heterocycles. The fraction of sp³-hybridized carbons (Fsp3) is 0.833. The van der Waals surface area contributed by atoms with Gasteiger partial charge in [-0.2, -0.15) is 13.2 Å². The lowest BCUT2D eigenvalue weighted by molar-refractivity contribution is -0.139. The van der Waals surface area contributed by atoms with Crippen molar-refractivity contribution in [2.75, 3.05) is 6.54 Å². The summed E-state index contributed by atoms with van der Waals surface area (Å²) in [6.07, 6.45) is -4.05. The van der Waals surface area contributed by atoms with Crippen LogP contribution in [-0.2, 0) is 4.79 Å². The molecule has 0 aliphatic heterocycles. The number of carbonyl (C=O) groups excluding carboxylic acids is 1. The second-order valence-corrected chi connectivity index (χ2v) is 2.35. The van der Waals surface area contributed by atoms with E-state index in [0.717, 1.165) is 0 Å². The van der Waals surface area contributed by atoms with Crippen molar-refractivity contribution in [3.05, 3.63) is 0 Å². The average Bonchev–Trinajstić information content (AvgIpc) is 1.97. The summed E-state index contributed by atoms with van der Waals surface area (Å²) in [6, 6.07) is -0.854. The molecule has 3 nitrogen and oxygen atoms in total. The highest BCUT2D eigenvalue weighted by molar-refractivity contribution is 5.81. The highest BCUT2D eigenvalue weighted by atomic mass is 19.4. The zero-order chi connectivity index (χ0) is 9.78. The van der Waals surface area contributed by atoms with Gasteiger partial charge in [0.25, 0.3) is 0 Å². The van der Waals surface area contributed by atoms with E-state index in [9.17, 15) is 18.0 Å². The fourth-order valence-corrected chi connectivity index (χ4v) is 0.504. The van der Waals surface area contributed by atoms with Crippen molar-refractivity contribution >= 4 is 5.91 Å². The molecule has 0 fully saturated rings. The predicted octanol–water partition coefficient (Wildman–Crippen LogP) is 0.402. The minimum absolute atomic E-state index is 0.323. The van der Waals surface area contributed by atoms with Gasteiger partial charge in [-0.05, 0) is 6.42 Å². The third-order valence-corrected chi connectivity index (χ3v) is 1.24. The van der Waals surface area contributed by atoms with Crippen LogP contribution in [-0.4, -0.2) is 24.7 Å². The molecule has 0 bridgehead atoms. The lowest BCUT2D eigenvalue weighted by atomic mass is 10.2. The van der Waals surface area contributed by atoms with Gasteiger partial charge in [0.1, 0.15) is 6.54 Å². The van der Waals surface area contributed by atoms with E-state index >= 15 is 0 Å². The number of alkyl halides is 3. The SMILES string of the molecule is CC[C@@H](N)C(=O)NCC(F)(F)F. The minimum atomic E-state index is -4.37. The van der Waals surface area contributed by atoms with Gasteiger partial charge in [-0.3, -0.25) is 4.79 Å². The Labute approximate surface area is 68.1 Å². The van der Waals surface area contributed by atoms with Crippen LogP contribution in [0.5, 0.6) is 0 Å². The molecule has 0 spiro atoms. The van der Waals surface area contributed by atoms with E-state index in [1.807, 2.05) is 0 Å². The lowest BCUT2D eigenvalue weighted by Gasteiger charge is -2.11. The van der Waals surface area contributed by atoms with Gasteiger partial charge in [-0.25, -0.2) is 0 Å². The molecule has 72 valence electrons. The summed E-state index contributed by atoms with van der Waals surface area (Å²) >= 11 is 0. The van der Waals surface area contributed by atoms with Gasteiger partial charge in [0.2, 0.25) is 5.91 Å². The number of nitrogens with one attached hydrogen (secondary N) is 1. The van der Waals surface area contributed by atoms with Gasteiger partial charge in [-0.15, -0.1) is 0 Å². The van der Waals surface area contributed by atoms with Crippen LogP contribution in [0.25, 0.3) is 0 Å². The van der Waals surface area contributed by atoms with Crippen molar-refractivity contribution < 1.29 is 18.0 Å². The van der Waals surface area contributed by atoms with E-state index in [1.54, 1.807) is 12.2 Å². The van der Waals surface area contributed by atoms with E-state index in [2.05, 4.69) is 0 Å². The molecule has 0 unspecified atom stereocenters. The molecule has 0 aromatic heterocycles. The van der Waals surface area contributed by atoms with Crippen LogP contribution in [0, 0.1) is 0 Å². The zero-order valence-corrected chi connectivity index (χ0v) is 6.61. The second-order valence-electron chi connectivity index (χ2n) is 2.35. The summed E-state index contributed by atoms with van der Waals surface area (Å²) in [5.41, 5.74) is 5.17. The van der Waals surface area contributed by atoms with Crippen molar-refractivity contribution in [3.63, 3.8) is 0 Å². The summed E-state index contributed by atoms with van der Waals surface area (Å²) < 4.78 is 34.6. The molecule has 1 atom stereocenters. The molecule has 0 rings (SSSR count). The normalized spacial score (nSPS) is 14.1. The van der Waals surface area contributed by atoms with E-state index in [1.165, 1.54) is 0 Å². The maximum atomic E-state index is 11.5. The first kappa shape index (κ1) is 11.2. The van der Waals surface area contributed by atoms with Crippen LogP contribution in [0.15, 0.2) is 0 Å². The monoisotopic (exact) mass is 184 g/mol. The van der Waals surface area contributed by atoms with Crippen LogP contribution in [0.2, 0.25) is 0 Å². The second kappa shape index (κ2) is 4.30. The highest BCUT2D eigenvalue weighted by Crippen LogP contribution is 2.12.